The average Bonchev–Trinajstić information content (AvgIpc) is 2.55. The highest BCUT2D eigenvalue weighted by Crippen LogP contribution is 2.17. The van der Waals surface area contributed by atoms with Crippen molar-refractivity contribution in [2.24, 2.45) is 5.73 Å². The zero-order chi connectivity index (χ0) is 14.7. The van der Waals surface area contributed by atoms with Crippen molar-refractivity contribution in [3.8, 4) is 0 Å². The van der Waals surface area contributed by atoms with Crippen LogP contribution in [0.4, 0.5) is 4.39 Å². The van der Waals surface area contributed by atoms with Crippen molar-refractivity contribution in [1.82, 2.24) is 4.90 Å². The van der Waals surface area contributed by atoms with Gasteiger partial charge in [-0.1, -0.05) is 18.3 Å². The fourth-order valence-corrected chi connectivity index (χ4v) is 2.34. The zero-order valence-corrected chi connectivity index (χ0v) is 11.7. The Labute approximate surface area is 121 Å². The van der Waals surface area contributed by atoms with E-state index in [1.807, 2.05) is 0 Å². The van der Waals surface area contributed by atoms with E-state index in [9.17, 15) is 14.0 Å². The van der Waals surface area contributed by atoms with Crippen molar-refractivity contribution >= 4 is 29.0 Å². The molecule has 4 nitrogen and oxygen atoms in total. The molecule has 2 amide bonds. The van der Waals surface area contributed by atoms with Gasteiger partial charge in [0.05, 0.1) is 6.54 Å². The number of benzene rings is 1. The molecule has 0 aromatic heterocycles. The van der Waals surface area contributed by atoms with Crippen LogP contribution in [0.3, 0.4) is 0 Å². The number of thiocarbonyl (C=S) groups is 1. The Hall–Kier alpha value is -1.82. The first-order valence-corrected chi connectivity index (χ1v) is 6.81. The summed E-state index contributed by atoms with van der Waals surface area (Å²) in [6.07, 6.45) is 2.19. The Bertz CT molecular complexity index is 556. The predicted octanol–water partition coefficient (Wildman–Crippen LogP) is 1.89. The van der Waals surface area contributed by atoms with E-state index in [4.69, 9.17) is 18.0 Å². The Morgan fingerprint density at radius 2 is 1.85 bits per heavy atom. The fraction of sp³-hybridized carbons (Fsp3) is 0.357. The summed E-state index contributed by atoms with van der Waals surface area (Å²) in [7, 11) is 0. The molecule has 0 radical (unpaired) electrons. The third-order valence-corrected chi connectivity index (χ3v) is 3.49. The number of carbonyl (C=O) groups excluding carboxylic acids is 2. The molecule has 2 N–H and O–H groups in total. The summed E-state index contributed by atoms with van der Waals surface area (Å²) < 4.78 is 13.5. The van der Waals surface area contributed by atoms with Crippen molar-refractivity contribution < 1.29 is 14.0 Å². The Morgan fingerprint density at radius 3 is 2.40 bits per heavy atom. The van der Waals surface area contributed by atoms with Crippen LogP contribution in [0.1, 0.15) is 36.8 Å². The molecule has 1 aromatic rings. The third kappa shape index (κ3) is 3.19. The van der Waals surface area contributed by atoms with E-state index < -0.39 is 5.82 Å². The Kier molecular flexibility index (Phi) is 4.44. The van der Waals surface area contributed by atoms with E-state index in [0.717, 1.165) is 12.8 Å². The summed E-state index contributed by atoms with van der Waals surface area (Å²) in [5.74, 6) is -0.878. The molecule has 0 bridgehead atoms. The van der Waals surface area contributed by atoms with Gasteiger partial charge >= 0.3 is 0 Å². The molecule has 1 fully saturated rings. The zero-order valence-electron chi connectivity index (χ0n) is 10.9. The van der Waals surface area contributed by atoms with Crippen molar-refractivity contribution in [2.75, 3.05) is 0 Å². The van der Waals surface area contributed by atoms with Crippen LogP contribution in [-0.4, -0.2) is 21.7 Å². The van der Waals surface area contributed by atoms with E-state index in [-0.39, 0.29) is 28.9 Å². The molecule has 2 rings (SSSR count). The molecule has 6 heteroatoms. The minimum absolute atomic E-state index is 0.0436. The van der Waals surface area contributed by atoms with Crippen LogP contribution >= 0.6 is 12.2 Å². The largest absolute Gasteiger partial charge is 0.389 e. The van der Waals surface area contributed by atoms with E-state index in [1.54, 1.807) is 0 Å². The van der Waals surface area contributed by atoms with Crippen LogP contribution in [-0.2, 0) is 16.1 Å². The number of hydrogen-bond acceptors (Lipinski definition) is 3. The number of hydrogen-bond donors (Lipinski definition) is 1. The number of nitrogens with two attached hydrogens (primary N) is 1. The van der Waals surface area contributed by atoms with Gasteiger partial charge in [0.2, 0.25) is 11.8 Å². The van der Waals surface area contributed by atoms with E-state index in [2.05, 4.69) is 0 Å². The van der Waals surface area contributed by atoms with Crippen LogP contribution in [0.5, 0.6) is 0 Å². The number of likely N-dealkylation sites (tertiary alicyclic amines) is 1. The second-order valence-corrected chi connectivity index (χ2v) is 5.20. The van der Waals surface area contributed by atoms with Crippen LogP contribution in [0.2, 0.25) is 0 Å². The lowest BCUT2D eigenvalue weighted by Crippen LogP contribution is -2.34. The van der Waals surface area contributed by atoms with Gasteiger partial charge in [-0.05, 0) is 30.5 Å². The summed E-state index contributed by atoms with van der Waals surface area (Å²) in [5.41, 5.74) is 6.21. The maximum Gasteiger partial charge on any atom is 0.229 e. The Balaban J connectivity index is 2.24. The van der Waals surface area contributed by atoms with E-state index in [0.29, 0.717) is 18.4 Å². The van der Waals surface area contributed by atoms with Crippen LogP contribution in [0.25, 0.3) is 0 Å². The number of amides is 2. The highest BCUT2D eigenvalue weighted by atomic mass is 32.1. The highest BCUT2D eigenvalue weighted by molar-refractivity contribution is 7.80. The van der Waals surface area contributed by atoms with Gasteiger partial charge in [-0.15, -0.1) is 0 Å². The quantitative estimate of drug-likeness (QED) is 0.683. The standard InChI is InChI=1S/C14H15FN2O2S/c15-11-6-5-9(7-10(11)14(16)20)8-17-12(18)3-1-2-4-13(17)19/h5-7H,1-4,8H2,(H2,16,20). The normalized spacial score (nSPS) is 16.1. The molecular weight excluding hydrogens is 279 g/mol. The van der Waals surface area contributed by atoms with Gasteiger partial charge in [0.15, 0.2) is 0 Å². The molecule has 0 atom stereocenters. The molecule has 1 aliphatic rings. The number of imide groups is 1. The topological polar surface area (TPSA) is 63.4 Å². The fourth-order valence-electron chi connectivity index (χ4n) is 2.18. The summed E-state index contributed by atoms with van der Waals surface area (Å²) in [4.78, 5) is 25.0. The molecular formula is C14H15FN2O2S. The van der Waals surface area contributed by atoms with Gasteiger partial charge in [0.1, 0.15) is 10.8 Å². The molecule has 0 unspecified atom stereocenters. The molecule has 106 valence electrons. The van der Waals surface area contributed by atoms with Gasteiger partial charge in [-0.25, -0.2) is 4.39 Å². The molecule has 0 spiro atoms. The Morgan fingerprint density at radius 1 is 1.25 bits per heavy atom. The van der Waals surface area contributed by atoms with Crippen molar-refractivity contribution in [3.63, 3.8) is 0 Å². The van der Waals surface area contributed by atoms with Crippen LogP contribution in [0, 0.1) is 5.82 Å². The molecule has 0 saturated carbocycles. The second-order valence-electron chi connectivity index (χ2n) is 4.76. The van der Waals surface area contributed by atoms with Gasteiger partial charge in [-0.3, -0.25) is 14.5 Å². The molecule has 1 aromatic carbocycles. The van der Waals surface area contributed by atoms with Crippen molar-refractivity contribution in [2.45, 2.75) is 32.2 Å². The van der Waals surface area contributed by atoms with Gasteiger partial charge in [0.25, 0.3) is 0 Å². The average molecular weight is 294 g/mol. The first-order chi connectivity index (χ1) is 9.49. The molecule has 1 aliphatic heterocycles. The SMILES string of the molecule is NC(=S)c1cc(CN2C(=O)CCCCC2=O)ccc1F. The lowest BCUT2D eigenvalue weighted by atomic mass is 10.1. The maximum absolute atomic E-state index is 13.5. The summed E-state index contributed by atoms with van der Waals surface area (Å²) in [6.45, 7) is 0.133. The van der Waals surface area contributed by atoms with E-state index >= 15 is 0 Å². The van der Waals surface area contributed by atoms with Crippen molar-refractivity contribution in [1.29, 1.82) is 0 Å². The lowest BCUT2D eigenvalue weighted by Gasteiger charge is -2.19. The molecule has 1 heterocycles. The summed E-state index contributed by atoms with van der Waals surface area (Å²) in [5, 5.41) is 0. The minimum Gasteiger partial charge on any atom is -0.389 e. The summed E-state index contributed by atoms with van der Waals surface area (Å²) >= 11 is 4.77. The third-order valence-electron chi connectivity index (χ3n) is 3.27. The molecule has 20 heavy (non-hydrogen) atoms. The first-order valence-electron chi connectivity index (χ1n) is 6.40. The van der Waals surface area contributed by atoms with Gasteiger partial charge < -0.3 is 5.73 Å². The predicted molar refractivity (Wildman–Crippen MR) is 76.3 cm³/mol. The van der Waals surface area contributed by atoms with Gasteiger partial charge in [-0.2, -0.15) is 0 Å². The number of rotatable bonds is 3. The number of halogens is 1. The minimum atomic E-state index is -0.505. The first kappa shape index (κ1) is 14.6. The van der Waals surface area contributed by atoms with Crippen molar-refractivity contribution in [3.05, 3.63) is 35.1 Å². The molecule has 0 aliphatic carbocycles. The van der Waals surface area contributed by atoms with Crippen LogP contribution < -0.4 is 5.73 Å². The van der Waals surface area contributed by atoms with Gasteiger partial charge in [0, 0.05) is 18.4 Å². The van der Waals surface area contributed by atoms with E-state index in [1.165, 1.54) is 23.1 Å². The maximum atomic E-state index is 13.5. The summed E-state index contributed by atoms with van der Waals surface area (Å²) in [6, 6.07) is 4.27. The monoisotopic (exact) mass is 294 g/mol. The highest BCUT2D eigenvalue weighted by Gasteiger charge is 2.24. The molecule has 1 saturated heterocycles. The number of carbonyl (C=O) groups is 2. The number of nitrogens with zero attached hydrogens (tertiary/aromatic N) is 1. The smallest absolute Gasteiger partial charge is 0.229 e. The lowest BCUT2D eigenvalue weighted by molar-refractivity contribution is -0.144. The second kappa shape index (κ2) is 6.09. The van der Waals surface area contributed by atoms with Crippen LogP contribution in [0.15, 0.2) is 18.2 Å².